The molecule has 0 saturated heterocycles. The largest absolute Gasteiger partial charge is 0.496 e. The lowest BCUT2D eigenvalue weighted by Gasteiger charge is -2.04. The first-order valence-corrected chi connectivity index (χ1v) is 6.31. The number of nitrogens with zero attached hydrogens (tertiary/aromatic N) is 1. The molecular weight excluding hydrogens is 260 g/mol. The number of hydrazone groups is 1. The molecule has 98 valence electrons. The van der Waals surface area contributed by atoms with Crippen LogP contribution in [0.15, 0.2) is 53.6 Å². The minimum Gasteiger partial charge on any atom is -0.496 e. The summed E-state index contributed by atoms with van der Waals surface area (Å²) in [5.74, 6) is 0.805. The van der Waals surface area contributed by atoms with Gasteiger partial charge in [0.25, 0.3) is 0 Å². The molecule has 0 spiro atoms. The fourth-order valence-electron chi connectivity index (χ4n) is 1.63. The fourth-order valence-corrected chi connectivity index (χ4v) is 1.75. The van der Waals surface area contributed by atoms with Crippen molar-refractivity contribution < 1.29 is 4.74 Å². The van der Waals surface area contributed by atoms with Crippen molar-refractivity contribution >= 4 is 17.8 Å². The first-order chi connectivity index (χ1) is 9.29. The molecule has 3 nitrogen and oxygen atoms in total. The van der Waals surface area contributed by atoms with Gasteiger partial charge in [0.15, 0.2) is 0 Å². The summed E-state index contributed by atoms with van der Waals surface area (Å²) < 4.78 is 5.24. The minimum atomic E-state index is 0.656. The van der Waals surface area contributed by atoms with Gasteiger partial charge < -0.3 is 10.2 Å². The quantitative estimate of drug-likeness (QED) is 0.669. The van der Waals surface area contributed by atoms with Crippen LogP contribution in [0.1, 0.15) is 11.1 Å². The minimum absolute atomic E-state index is 0.656. The monoisotopic (exact) mass is 274 g/mol. The average molecular weight is 275 g/mol. The van der Waals surface area contributed by atoms with E-state index in [1.54, 1.807) is 13.3 Å². The van der Waals surface area contributed by atoms with Crippen LogP contribution in [0.25, 0.3) is 0 Å². The lowest BCUT2D eigenvalue weighted by atomic mass is 10.2. The normalized spacial score (nSPS) is 10.6. The number of benzene rings is 2. The summed E-state index contributed by atoms with van der Waals surface area (Å²) >= 11 is 5.82. The molecule has 0 aliphatic rings. The van der Waals surface area contributed by atoms with Crippen molar-refractivity contribution in [3.63, 3.8) is 0 Å². The Hall–Kier alpha value is -2.00. The molecule has 2 aromatic rings. The third kappa shape index (κ3) is 4.00. The van der Waals surface area contributed by atoms with Crippen LogP contribution in [0, 0.1) is 0 Å². The predicted octanol–water partition coefficient (Wildman–Crippen LogP) is 3.47. The Bertz CT molecular complexity index is 552. The van der Waals surface area contributed by atoms with Crippen LogP contribution in [0.2, 0.25) is 5.02 Å². The molecule has 0 heterocycles. The molecule has 0 radical (unpaired) electrons. The molecular formula is C15H15ClN2O. The van der Waals surface area contributed by atoms with E-state index in [1.807, 2.05) is 48.5 Å². The van der Waals surface area contributed by atoms with Crippen LogP contribution in [0.4, 0.5) is 0 Å². The maximum Gasteiger partial charge on any atom is 0.127 e. The highest BCUT2D eigenvalue weighted by Gasteiger charge is 1.97. The highest BCUT2D eigenvalue weighted by molar-refractivity contribution is 6.30. The van der Waals surface area contributed by atoms with E-state index in [0.29, 0.717) is 6.54 Å². The summed E-state index contributed by atoms with van der Waals surface area (Å²) in [6.45, 7) is 0.656. The van der Waals surface area contributed by atoms with Gasteiger partial charge in [-0.25, -0.2) is 0 Å². The molecule has 4 heteroatoms. The fraction of sp³-hybridized carbons (Fsp3) is 0.133. The smallest absolute Gasteiger partial charge is 0.127 e. The second-order valence-electron chi connectivity index (χ2n) is 3.96. The maximum absolute atomic E-state index is 5.82. The Kier molecular flexibility index (Phi) is 4.81. The van der Waals surface area contributed by atoms with Crippen molar-refractivity contribution in [2.24, 2.45) is 5.10 Å². The first-order valence-electron chi connectivity index (χ1n) is 5.93. The summed E-state index contributed by atoms with van der Waals surface area (Å²) in [6.07, 6.45) is 1.74. The summed E-state index contributed by atoms with van der Waals surface area (Å²) in [5.41, 5.74) is 5.06. The third-order valence-electron chi connectivity index (χ3n) is 2.63. The summed E-state index contributed by atoms with van der Waals surface area (Å²) in [6, 6.07) is 15.4. The predicted molar refractivity (Wildman–Crippen MR) is 78.9 cm³/mol. The van der Waals surface area contributed by atoms with Crippen LogP contribution >= 0.6 is 11.6 Å². The van der Waals surface area contributed by atoms with Gasteiger partial charge in [-0.2, -0.15) is 5.10 Å². The topological polar surface area (TPSA) is 33.6 Å². The molecule has 0 atom stereocenters. The van der Waals surface area contributed by atoms with Gasteiger partial charge in [-0.3, -0.25) is 0 Å². The Labute approximate surface area is 117 Å². The van der Waals surface area contributed by atoms with E-state index in [1.165, 1.54) is 0 Å². The summed E-state index contributed by atoms with van der Waals surface area (Å²) in [7, 11) is 1.65. The Morgan fingerprint density at radius 3 is 2.63 bits per heavy atom. The highest BCUT2D eigenvalue weighted by atomic mass is 35.5. The van der Waals surface area contributed by atoms with Crippen LogP contribution in [0.5, 0.6) is 5.75 Å². The zero-order valence-electron chi connectivity index (χ0n) is 10.6. The standard InChI is InChI=1S/C15H15ClN2O/c1-19-15-5-3-2-4-13(15)11-18-17-10-12-6-8-14(16)9-7-12/h2-9,11,17H,10H2,1H3/b18-11-. The molecule has 0 bridgehead atoms. The van der Waals surface area contributed by atoms with E-state index in [4.69, 9.17) is 16.3 Å². The van der Waals surface area contributed by atoms with Crippen molar-refractivity contribution in [2.45, 2.75) is 6.54 Å². The number of halogens is 1. The molecule has 0 aliphatic carbocycles. The highest BCUT2D eigenvalue weighted by Crippen LogP contribution is 2.14. The Morgan fingerprint density at radius 2 is 1.89 bits per heavy atom. The van der Waals surface area contributed by atoms with Crippen LogP contribution in [-0.2, 0) is 6.54 Å². The van der Waals surface area contributed by atoms with Crippen molar-refractivity contribution in [1.29, 1.82) is 0 Å². The number of hydrogen-bond donors (Lipinski definition) is 1. The molecule has 19 heavy (non-hydrogen) atoms. The van der Waals surface area contributed by atoms with Crippen molar-refractivity contribution in [3.8, 4) is 5.75 Å². The zero-order chi connectivity index (χ0) is 13.5. The molecule has 2 rings (SSSR count). The van der Waals surface area contributed by atoms with Crippen molar-refractivity contribution in [2.75, 3.05) is 7.11 Å². The van der Waals surface area contributed by atoms with Gasteiger partial charge in [-0.05, 0) is 29.8 Å². The van der Waals surface area contributed by atoms with Gasteiger partial charge in [0.05, 0.1) is 19.9 Å². The Morgan fingerprint density at radius 1 is 1.16 bits per heavy atom. The van der Waals surface area contributed by atoms with Crippen molar-refractivity contribution in [1.82, 2.24) is 5.43 Å². The number of nitrogens with one attached hydrogen (secondary N) is 1. The molecule has 0 aliphatic heterocycles. The van der Waals surface area contributed by atoms with E-state index in [2.05, 4.69) is 10.5 Å². The Balaban J connectivity index is 1.91. The molecule has 0 aromatic heterocycles. The lowest BCUT2D eigenvalue weighted by Crippen LogP contribution is -2.05. The molecule has 0 amide bonds. The van der Waals surface area contributed by atoms with Crippen LogP contribution in [0.3, 0.4) is 0 Å². The number of hydrogen-bond acceptors (Lipinski definition) is 3. The number of rotatable bonds is 5. The van der Waals surface area contributed by atoms with Gasteiger partial charge in [-0.15, -0.1) is 0 Å². The maximum atomic E-state index is 5.82. The van der Waals surface area contributed by atoms with Gasteiger partial charge >= 0.3 is 0 Å². The second-order valence-corrected chi connectivity index (χ2v) is 4.40. The van der Waals surface area contributed by atoms with E-state index in [0.717, 1.165) is 21.9 Å². The van der Waals surface area contributed by atoms with Crippen molar-refractivity contribution in [3.05, 3.63) is 64.7 Å². The zero-order valence-corrected chi connectivity index (χ0v) is 11.4. The lowest BCUT2D eigenvalue weighted by molar-refractivity contribution is 0.414. The molecule has 1 N–H and O–H groups in total. The SMILES string of the molecule is COc1ccccc1/C=N\NCc1ccc(Cl)cc1. The second kappa shape index (κ2) is 6.81. The average Bonchev–Trinajstić information content (AvgIpc) is 2.46. The van der Waals surface area contributed by atoms with Crippen LogP contribution in [-0.4, -0.2) is 13.3 Å². The van der Waals surface area contributed by atoms with Crippen LogP contribution < -0.4 is 10.2 Å². The summed E-state index contributed by atoms with van der Waals surface area (Å²) in [4.78, 5) is 0. The van der Waals surface area contributed by atoms with E-state index in [9.17, 15) is 0 Å². The van der Waals surface area contributed by atoms with Gasteiger partial charge in [-0.1, -0.05) is 35.9 Å². The molecule has 0 unspecified atom stereocenters. The molecule has 2 aromatic carbocycles. The number of para-hydroxylation sites is 1. The third-order valence-corrected chi connectivity index (χ3v) is 2.88. The van der Waals surface area contributed by atoms with E-state index in [-0.39, 0.29) is 0 Å². The number of ether oxygens (including phenoxy) is 1. The first kappa shape index (κ1) is 13.4. The van der Waals surface area contributed by atoms with Gasteiger partial charge in [0.1, 0.15) is 5.75 Å². The number of methoxy groups -OCH3 is 1. The van der Waals surface area contributed by atoms with E-state index < -0.39 is 0 Å². The van der Waals surface area contributed by atoms with Gasteiger partial charge in [0, 0.05) is 10.6 Å². The summed E-state index contributed by atoms with van der Waals surface area (Å²) in [5, 5.41) is 4.92. The molecule has 0 saturated carbocycles. The van der Waals surface area contributed by atoms with Gasteiger partial charge in [0.2, 0.25) is 0 Å². The van der Waals surface area contributed by atoms with E-state index >= 15 is 0 Å². The molecule has 0 fully saturated rings.